The van der Waals surface area contributed by atoms with Crippen LogP contribution < -0.4 is 15.6 Å². The van der Waals surface area contributed by atoms with Gasteiger partial charge in [0.1, 0.15) is 5.75 Å². The second kappa shape index (κ2) is 10.1. The molecule has 9 heteroatoms. The Morgan fingerprint density at radius 2 is 1.72 bits per heavy atom. The van der Waals surface area contributed by atoms with Crippen molar-refractivity contribution in [2.75, 3.05) is 11.9 Å². The van der Waals surface area contributed by atoms with Crippen molar-refractivity contribution < 1.29 is 22.7 Å². The number of ether oxygens (including phenoxy) is 1. The Hall–Kier alpha value is -3.62. The van der Waals surface area contributed by atoms with Gasteiger partial charge in [-0.2, -0.15) is 18.3 Å². The number of amides is 1. The molecule has 0 aliphatic heterocycles. The van der Waals surface area contributed by atoms with Gasteiger partial charge in [0.25, 0.3) is 5.56 Å². The molecule has 1 heterocycles. The first-order valence-electron chi connectivity index (χ1n) is 10.0. The molecule has 1 N–H and O–H groups in total. The number of carbonyl (C=O) groups is 1. The molecule has 0 saturated heterocycles. The molecule has 0 unspecified atom stereocenters. The van der Waals surface area contributed by atoms with E-state index in [2.05, 4.69) is 10.4 Å². The second-order valence-electron chi connectivity index (χ2n) is 6.96. The molecule has 2 aromatic carbocycles. The van der Waals surface area contributed by atoms with Crippen LogP contribution in [-0.2, 0) is 17.5 Å². The number of nitrogens with zero attached hydrogens (tertiary/aromatic N) is 2. The Bertz CT molecular complexity index is 1110. The van der Waals surface area contributed by atoms with Crippen molar-refractivity contribution in [3.05, 3.63) is 76.6 Å². The summed E-state index contributed by atoms with van der Waals surface area (Å²) in [6.07, 6.45) is -4.00. The summed E-state index contributed by atoms with van der Waals surface area (Å²) in [6.45, 7) is 2.69. The molecule has 168 valence electrons. The van der Waals surface area contributed by atoms with E-state index in [1.807, 2.05) is 31.2 Å². The first kappa shape index (κ1) is 23.1. The smallest absolute Gasteiger partial charge is 0.416 e. The zero-order valence-corrected chi connectivity index (χ0v) is 17.4. The summed E-state index contributed by atoms with van der Waals surface area (Å²) in [5.41, 5.74) is 0.635. The SMILES string of the molecule is CCOc1ccc(-c2ccc(=O)n(CCCC(=O)Nc3ccc(C(F)(F)F)cc3)n2)cc1. The van der Waals surface area contributed by atoms with Crippen LogP contribution in [0.3, 0.4) is 0 Å². The van der Waals surface area contributed by atoms with Gasteiger partial charge in [0, 0.05) is 30.3 Å². The van der Waals surface area contributed by atoms with E-state index in [-0.39, 0.29) is 30.1 Å². The van der Waals surface area contributed by atoms with E-state index in [9.17, 15) is 22.8 Å². The van der Waals surface area contributed by atoms with Crippen LogP contribution in [0.15, 0.2) is 65.5 Å². The highest BCUT2D eigenvalue weighted by Crippen LogP contribution is 2.29. The number of nitrogens with one attached hydrogen (secondary N) is 1. The van der Waals surface area contributed by atoms with Crippen molar-refractivity contribution in [2.45, 2.75) is 32.5 Å². The van der Waals surface area contributed by atoms with Gasteiger partial charge in [-0.25, -0.2) is 4.68 Å². The number of rotatable bonds is 8. The standard InChI is InChI=1S/C23H22F3N3O3/c1-2-32-19-11-5-16(6-12-19)20-13-14-22(31)29(28-20)15-3-4-21(30)27-18-9-7-17(8-10-18)23(24,25)26/h5-14H,2-4,15H2,1H3,(H,27,30). The summed E-state index contributed by atoms with van der Waals surface area (Å²) in [7, 11) is 0. The second-order valence-corrected chi connectivity index (χ2v) is 6.96. The van der Waals surface area contributed by atoms with Crippen LogP contribution >= 0.6 is 0 Å². The average molecular weight is 445 g/mol. The Labute approximate surface area is 182 Å². The molecule has 1 amide bonds. The first-order chi connectivity index (χ1) is 15.3. The minimum absolute atomic E-state index is 0.0857. The molecule has 6 nitrogen and oxygen atoms in total. The van der Waals surface area contributed by atoms with E-state index in [4.69, 9.17) is 4.74 Å². The van der Waals surface area contributed by atoms with Crippen LogP contribution in [0.5, 0.6) is 5.75 Å². The number of aromatic nitrogens is 2. The molecule has 1 aromatic heterocycles. The van der Waals surface area contributed by atoms with Crippen LogP contribution in [0.4, 0.5) is 18.9 Å². The van der Waals surface area contributed by atoms with Crippen molar-refractivity contribution in [1.29, 1.82) is 0 Å². The summed E-state index contributed by atoms with van der Waals surface area (Å²) >= 11 is 0. The molecule has 0 spiro atoms. The monoisotopic (exact) mass is 445 g/mol. The third-order valence-corrected chi connectivity index (χ3v) is 4.60. The predicted octanol–water partition coefficient (Wildman–Crippen LogP) is 4.75. The Morgan fingerprint density at radius 3 is 2.34 bits per heavy atom. The number of hydrogen-bond donors (Lipinski definition) is 1. The number of aryl methyl sites for hydroxylation is 1. The molecular weight excluding hydrogens is 423 g/mol. The third kappa shape index (κ3) is 6.19. The number of halogens is 3. The van der Waals surface area contributed by atoms with Gasteiger partial charge in [-0.05, 0) is 67.9 Å². The summed E-state index contributed by atoms with van der Waals surface area (Å²) in [6, 6.07) is 14.6. The molecule has 0 radical (unpaired) electrons. The maximum Gasteiger partial charge on any atom is 0.416 e. The molecule has 0 aliphatic carbocycles. The van der Waals surface area contributed by atoms with Gasteiger partial charge < -0.3 is 10.1 Å². The van der Waals surface area contributed by atoms with Crippen LogP contribution in [-0.4, -0.2) is 22.3 Å². The van der Waals surface area contributed by atoms with Gasteiger partial charge in [-0.15, -0.1) is 0 Å². The lowest BCUT2D eigenvalue weighted by Crippen LogP contribution is -2.23. The van der Waals surface area contributed by atoms with E-state index in [0.717, 1.165) is 23.4 Å². The number of carbonyl (C=O) groups excluding carboxylic acids is 1. The Morgan fingerprint density at radius 1 is 1.03 bits per heavy atom. The predicted molar refractivity (Wildman–Crippen MR) is 114 cm³/mol. The zero-order valence-electron chi connectivity index (χ0n) is 17.4. The highest BCUT2D eigenvalue weighted by molar-refractivity contribution is 5.90. The van der Waals surface area contributed by atoms with Crippen molar-refractivity contribution in [2.24, 2.45) is 0 Å². The Balaban J connectivity index is 1.56. The highest BCUT2D eigenvalue weighted by Gasteiger charge is 2.29. The largest absolute Gasteiger partial charge is 0.494 e. The number of anilines is 1. The number of alkyl halides is 3. The summed E-state index contributed by atoms with van der Waals surface area (Å²) < 4.78 is 44.5. The number of benzene rings is 2. The van der Waals surface area contributed by atoms with Gasteiger partial charge in [0.2, 0.25) is 5.91 Å². The van der Waals surface area contributed by atoms with Crippen molar-refractivity contribution >= 4 is 11.6 Å². The van der Waals surface area contributed by atoms with E-state index in [1.54, 1.807) is 6.07 Å². The summed E-state index contributed by atoms with van der Waals surface area (Å²) in [5, 5.41) is 6.91. The van der Waals surface area contributed by atoms with Crippen molar-refractivity contribution in [3.8, 4) is 17.0 Å². The maximum absolute atomic E-state index is 12.6. The maximum atomic E-state index is 12.6. The molecular formula is C23H22F3N3O3. The van der Waals surface area contributed by atoms with Crippen LogP contribution in [0, 0.1) is 0 Å². The zero-order chi connectivity index (χ0) is 23.1. The minimum Gasteiger partial charge on any atom is -0.494 e. The van der Waals surface area contributed by atoms with Gasteiger partial charge in [0.05, 0.1) is 17.9 Å². The lowest BCUT2D eigenvalue weighted by atomic mass is 10.1. The highest BCUT2D eigenvalue weighted by atomic mass is 19.4. The summed E-state index contributed by atoms with van der Waals surface area (Å²) in [5.74, 6) is 0.379. The normalized spacial score (nSPS) is 11.2. The van der Waals surface area contributed by atoms with E-state index in [1.165, 1.54) is 22.9 Å². The molecule has 0 fully saturated rings. The average Bonchev–Trinajstić information content (AvgIpc) is 2.76. The van der Waals surface area contributed by atoms with Crippen LogP contribution in [0.2, 0.25) is 0 Å². The molecule has 0 atom stereocenters. The van der Waals surface area contributed by atoms with Gasteiger partial charge in [-0.1, -0.05) is 0 Å². The Kier molecular flexibility index (Phi) is 7.29. The van der Waals surface area contributed by atoms with Crippen molar-refractivity contribution in [3.63, 3.8) is 0 Å². The van der Waals surface area contributed by atoms with E-state index in [0.29, 0.717) is 18.7 Å². The quantitative estimate of drug-likeness (QED) is 0.543. The number of hydrogen-bond acceptors (Lipinski definition) is 4. The fraction of sp³-hybridized carbons (Fsp3) is 0.261. The molecule has 3 aromatic rings. The lowest BCUT2D eigenvalue weighted by Gasteiger charge is -2.10. The fourth-order valence-corrected chi connectivity index (χ4v) is 3.01. The van der Waals surface area contributed by atoms with Gasteiger partial charge >= 0.3 is 6.18 Å². The molecule has 0 aliphatic rings. The lowest BCUT2D eigenvalue weighted by molar-refractivity contribution is -0.137. The van der Waals surface area contributed by atoms with Crippen LogP contribution in [0.1, 0.15) is 25.3 Å². The van der Waals surface area contributed by atoms with Gasteiger partial charge in [0.15, 0.2) is 0 Å². The first-order valence-corrected chi connectivity index (χ1v) is 10.0. The minimum atomic E-state index is -4.43. The molecule has 0 saturated carbocycles. The fourth-order valence-electron chi connectivity index (χ4n) is 3.01. The summed E-state index contributed by atoms with van der Waals surface area (Å²) in [4.78, 5) is 24.2. The van der Waals surface area contributed by atoms with E-state index < -0.39 is 11.7 Å². The molecule has 0 bridgehead atoms. The topological polar surface area (TPSA) is 73.2 Å². The molecule has 3 rings (SSSR count). The third-order valence-electron chi connectivity index (χ3n) is 4.60. The van der Waals surface area contributed by atoms with Crippen molar-refractivity contribution in [1.82, 2.24) is 9.78 Å². The van der Waals surface area contributed by atoms with Crippen LogP contribution in [0.25, 0.3) is 11.3 Å². The van der Waals surface area contributed by atoms with Gasteiger partial charge in [-0.3, -0.25) is 9.59 Å². The molecule has 32 heavy (non-hydrogen) atoms. The van der Waals surface area contributed by atoms with E-state index >= 15 is 0 Å².